The maximum Gasteiger partial charge on any atom is 0.226 e. The smallest absolute Gasteiger partial charge is 0.226 e. The molecule has 0 aliphatic heterocycles. The first-order valence-corrected chi connectivity index (χ1v) is 6.45. The zero-order valence-electron chi connectivity index (χ0n) is 11.1. The van der Waals surface area contributed by atoms with Crippen LogP contribution in [0.2, 0.25) is 0 Å². The minimum Gasteiger partial charge on any atom is -0.316 e. The van der Waals surface area contributed by atoms with Gasteiger partial charge in [0.05, 0.1) is 11.6 Å². The number of carbonyl (C=O) groups excluding carboxylic acids is 1. The molecule has 0 aliphatic rings. The molecule has 0 heterocycles. The number of hydrogen-bond donors (Lipinski definition) is 0. The highest BCUT2D eigenvalue weighted by Crippen LogP contribution is 2.15. The van der Waals surface area contributed by atoms with E-state index in [-0.39, 0.29) is 5.91 Å². The molecule has 1 aromatic rings. The van der Waals surface area contributed by atoms with E-state index in [0.29, 0.717) is 12.0 Å². The average molecular weight is 244 g/mol. The Morgan fingerprint density at radius 2 is 1.89 bits per heavy atom. The number of nitrogens with zero attached hydrogens (tertiary/aromatic N) is 2. The van der Waals surface area contributed by atoms with Gasteiger partial charge in [-0.2, -0.15) is 5.26 Å². The quantitative estimate of drug-likeness (QED) is 0.719. The molecule has 0 saturated heterocycles. The van der Waals surface area contributed by atoms with Gasteiger partial charge in [-0.25, -0.2) is 0 Å². The van der Waals surface area contributed by atoms with Crippen molar-refractivity contribution in [1.29, 1.82) is 5.26 Å². The number of carbonyl (C=O) groups is 1. The fourth-order valence-electron chi connectivity index (χ4n) is 1.77. The largest absolute Gasteiger partial charge is 0.316 e. The number of benzene rings is 1. The van der Waals surface area contributed by atoms with Crippen molar-refractivity contribution in [2.45, 2.75) is 39.0 Å². The van der Waals surface area contributed by atoms with Crippen molar-refractivity contribution < 1.29 is 4.79 Å². The van der Waals surface area contributed by atoms with Crippen molar-refractivity contribution in [3.8, 4) is 6.07 Å². The van der Waals surface area contributed by atoms with Gasteiger partial charge in [-0.1, -0.05) is 26.2 Å². The Balaban J connectivity index is 2.49. The second kappa shape index (κ2) is 7.50. The van der Waals surface area contributed by atoms with Crippen LogP contribution in [0.1, 0.15) is 44.6 Å². The maximum absolute atomic E-state index is 11.9. The molecule has 0 saturated carbocycles. The summed E-state index contributed by atoms with van der Waals surface area (Å²) in [5.41, 5.74) is 1.46. The zero-order valence-corrected chi connectivity index (χ0v) is 11.1. The third-order valence-corrected chi connectivity index (χ3v) is 3.00. The summed E-state index contributed by atoms with van der Waals surface area (Å²) in [6.07, 6.45) is 5.03. The standard InChI is InChI=1S/C15H20N2O/c1-3-4-5-6-7-15(18)17(2)14-10-8-13(12-16)9-11-14/h8-11H,3-7H2,1-2H3. The first-order chi connectivity index (χ1) is 8.69. The predicted molar refractivity (Wildman–Crippen MR) is 73.3 cm³/mol. The maximum atomic E-state index is 11.9. The molecule has 0 radical (unpaired) electrons. The van der Waals surface area contributed by atoms with Gasteiger partial charge in [-0.3, -0.25) is 4.79 Å². The van der Waals surface area contributed by atoms with E-state index >= 15 is 0 Å². The van der Waals surface area contributed by atoms with Crippen molar-refractivity contribution in [2.75, 3.05) is 11.9 Å². The molecule has 96 valence electrons. The SMILES string of the molecule is CCCCCCC(=O)N(C)c1ccc(C#N)cc1. The lowest BCUT2D eigenvalue weighted by atomic mass is 10.1. The van der Waals surface area contributed by atoms with E-state index in [2.05, 4.69) is 13.0 Å². The lowest BCUT2D eigenvalue weighted by Crippen LogP contribution is -2.25. The van der Waals surface area contributed by atoms with Crippen LogP contribution in [0.3, 0.4) is 0 Å². The summed E-state index contributed by atoms with van der Waals surface area (Å²) >= 11 is 0. The summed E-state index contributed by atoms with van der Waals surface area (Å²) < 4.78 is 0. The van der Waals surface area contributed by atoms with Crippen LogP contribution < -0.4 is 4.90 Å². The summed E-state index contributed by atoms with van der Waals surface area (Å²) in [4.78, 5) is 13.6. The number of amides is 1. The number of nitriles is 1. The fourth-order valence-corrected chi connectivity index (χ4v) is 1.77. The number of hydrogen-bond acceptors (Lipinski definition) is 2. The third kappa shape index (κ3) is 4.21. The van der Waals surface area contributed by atoms with E-state index in [4.69, 9.17) is 5.26 Å². The second-order valence-corrected chi connectivity index (χ2v) is 4.42. The van der Waals surface area contributed by atoms with Crippen LogP contribution in [0.4, 0.5) is 5.69 Å². The normalized spacial score (nSPS) is 9.83. The van der Waals surface area contributed by atoms with E-state index in [0.717, 1.165) is 18.5 Å². The molecule has 0 aliphatic carbocycles. The first-order valence-electron chi connectivity index (χ1n) is 6.45. The zero-order chi connectivity index (χ0) is 13.4. The van der Waals surface area contributed by atoms with Crippen molar-refractivity contribution >= 4 is 11.6 Å². The Hall–Kier alpha value is -1.82. The second-order valence-electron chi connectivity index (χ2n) is 4.42. The molecule has 1 aromatic carbocycles. The Morgan fingerprint density at radius 3 is 2.44 bits per heavy atom. The minimum atomic E-state index is 0.135. The lowest BCUT2D eigenvalue weighted by molar-refractivity contribution is -0.118. The lowest BCUT2D eigenvalue weighted by Gasteiger charge is -2.17. The van der Waals surface area contributed by atoms with Crippen LogP contribution in [0, 0.1) is 11.3 Å². The highest BCUT2D eigenvalue weighted by Gasteiger charge is 2.10. The molecule has 3 heteroatoms. The molecule has 0 unspecified atom stereocenters. The van der Waals surface area contributed by atoms with Crippen LogP contribution in [-0.2, 0) is 4.79 Å². The molecular formula is C15H20N2O. The van der Waals surface area contributed by atoms with Gasteiger partial charge in [0.2, 0.25) is 5.91 Å². The topological polar surface area (TPSA) is 44.1 Å². The van der Waals surface area contributed by atoms with E-state index in [9.17, 15) is 4.79 Å². The minimum absolute atomic E-state index is 0.135. The van der Waals surface area contributed by atoms with Crippen LogP contribution >= 0.6 is 0 Å². The Bertz CT molecular complexity index is 417. The molecule has 1 rings (SSSR count). The Labute approximate surface area is 109 Å². The summed E-state index contributed by atoms with van der Waals surface area (Å²) in [6.45, 7) is 2.16. The van der Waals surface area contributed by atoms with Gasteiger partial charge < -0.3 is 4.90 Å². The summed E-state index contributed by atoms with van der Waals surface area (Å²) in [5.74, 6) is 0.135. The summed E-state index contributed by atoms with van der Waals surface area (Å²) in [5, 5.41) is 8.71. The fraction of sp³-hybridized carbons (Fsp3) is 0.467. The van der Waals surface area contributed by atoms with Crippen molar-refractivity contribution in [1.82, 2.24) is 0 Å². The van der Waals surface area contributed by atoms with Crippen molar-refractivity contribution in [2.24, 2.45) is 0 Å². The van der Waals surface area contributed by atoms with Gasteiger partial charge in [-0.05, 0) is 30.7 Å². The summed E-state index contributed by atoms with van der Waals surface area (Å²) in [7, 11) is 1.78. The predicted octanol–water partition coefficient (Wildman–Crippen LogP) is 3.49. The Kier molecular flexibility index (Phi) is 5.93. The van der Waals surface area contributed by atoms with Gasteiger partial charge in [-0.15, -0.1) is 0 Å². The van der Waals surface area contributed by atoms with E-state index < -0.39 is 0 Å². The van der Waals surface area contributed by atoms with Gasteiger partial charge in [0, 0.05) is 19.2 Å². The monoisotopic (exact) mass is 244 g/mol. The van der Waals surface area contributed by atoms with Gasteiger partial charge in [0.1, 0.15) is 0 Å². The van der Waals surface area contributed by atoms with Crippen molar-refractivity contribution in [3.63, 3.8) is 0 Å². The molecule has 0 atom stereocenters. The van der Waals surface area contributed by atoms with Crippen LogP contribution in [0.15, 0.2) is 24.3 Å². The highest BCUT2D eigenvalue weighted by molar-refractivity contribution is 5.92. The number of anilines is 1. The van der Waals surface area contributed by atoms with E-state index in [1.54, 1.807) is 24.1 Å². The first kappa shape index (κ1) is 14.2. The molecule has 18 heavy (non-hydrogen) atoms. The molecule has 0 aromatic heterocycles. The van der Waals surface area contributed by atoms with Crippen LogP contribution in [0.5, 0.6) is 0 Å². The summed E-state index contributed by atoms with van der Waals surface area (Å²) in [6, 6.07) is 9.15. The molecule has 1 amide bonds. The molecule has 0 bridgehead atoms. The van der Waals surface area contributed by atoms with Gasteiger partial charge >= 0.3 is 0 Å². The number of unbranched alkanes of at least 4 members (excludes halogenated alkanes) is 3. The Morgan fingerprint density at radius 1 is 1.22 bits per heavy atom. The van der Waals surface area contributed by atoms with Gasteiger partial charge in [0.25, 0.3) is 0 Å². The molecule has 0 fully saturated rings. The molecule has 3 nitrogen and oxygen atoms in total. The molecule has 0 spiro atoms. The number of rotatable bonds is 6. The molecular weight excluding hydrogens is 224 g/mol. The third-order valence-electron chi connectivity index (χ3n) is 3.00. The van der Waals surface area contributed by atoms with Crippen LogP contribution in [0.25, 0.3) is 0 Å². The highest BCUT2D eigenvalue weighted by atomic mass is 16.2. The van der Waals surface area contributed by atoms with E-state index in [1.807, 2.05) is 12.1 Å². The van der Waals surface area contributed by atoms with E-state index in [1.165, 1.54) is 12.8 Å². The average Bonchev–Trinajstić information content (AvgIpc) is 2.42. The van der Waals surface area contributed by atoms with Crippen LogP contribution in [-0.4, -0.2) is 13.0 Å². The van der Waals surface area contributed by atoms with Crippen molar-refractivity contribution in [3.05, 3.63) is 29.8 Å². The van der Waals surface area contributed by atoms with Gasteiger partial charge in [0.15, 0.2) is 0 Å². The molecule has 0 N–H and O–H groups in total.